The van der Waals surface area contributed by atoms with E-state index in [-0.39, 0.29) is 9.79 Å². The van der Waals surface area contributed by atoms with Gasteiger partial charge in [0, 0.05) is 0 Å². The van der Waals surface area contributed by atoms with E-state index < -0.39 is 63.3 Å². The molecule has 0 unspecified atom stereocenters. The predicted molar refractivity (Wildman–Crippen MR) is 122 cm³/mol. The Labute approximate surface area is 205 Å². The molecule has 2 saturated heterocycles. The molecule has 0 aromatic heterocycles. The van der Waals surface area contributed by atoms with E-state index >= 15 is 0 Å². The monoisotopic (exact) mass is 528 g/mol. The van der Waals surface area contributed by atoms with Crippen LogP contribution in [0.3, 0.4) is 0 Å². The van der Waals surface area contributed by atoms with Crippen molar-refractivity contribution < 1.29 is 44.5 Å². The lowest BCUT2D eigenvalue weighted by Gasteiger charge is -2.28. The lowest BCUT2D eigenvalue weighted by atomic mass is 10.1. The van der Waals surface area contributed by atoms with Crippen molar-refractivity contribution in [2.45, 2.75) is 74.0 Å². The Morgan fingerprint density at radius 2 is 1.40 bits per heavy atom. The average molecular weight is 529 g/mol. The molecule has 2 aliphatic heterocycles. The van der Waals surface area contributed by atoms with Crippen molar-refractivity contribution in [1.82, 2.24) is 0 Å². The molecule has 0 spiro atoms. The minimum atomic E-state index is -4.37. The van der Waals surface area contributed by atoms with Gasteiger partial charge in [-0.25, -0.2) is 0 Å². The van der Waals surface area contributed by atoms with E-state index in [9.17, 15) is 21.9 Å². The zero-order valence-corrected chi connectivity index (χ0v) is 21.3. The van der Waals surface area contributed by atoms with Crippen LogP contribution in [0.2, 0.25) is 0 Å². The van der Waals surface area contributed by atoms with Crippen molar-refractivity contribution in [3.05, 3.63) is 59.7 Å². The van der Waals surface area contributed by atoms with E-state index in [0.717, 1.165) is 11.1 Å². The second kappa shape index (κ2) is 9.52. The van der Waals surface area contributed by atoms with Crippen molar-refractivity contribution in [1.29, 1.82) is 0 Å². The molecule has 12 heteroatoms. The number of fused-ring (bicyclic) bond motifs is 1. The summed E-state index contributed by atoms with van der Waals surface area (Å²) < 4.78 is 78.9. The minimum absolute atomic E-state index is 0.110. The van der Waals surface area contributed by atoms with Gasteiger partial charge in [-0.1, -0.05) is 35.4 Å². The lowest BCUT2D eigenvalue weighted by Crippen LogP contribution is -2.45. The van der Waals surface area contributed by atoms with Crippen molar-refractivity contribution in [3.8, 4) is 0 Å². The molecule has 0 amide bonds. The van der Waals surface area contributed by atoms with Crippen LogP contribution in [0.1, 0.15) is 25.0 Å². The molecule has 35 heavy (non-hydrogen) atoms. The molecular weight excluding hydrogens is 500 g/mol. The van der Waals surface area contributed by atoms with Crippen LogP contribution in [0.25, 0.3) is 0 Å². The molecule has 4 rings (SSSR count). The zero-order chi connectivity index (χ0) is 25.6. The Kier molecular flexibility index (Phi) is 7.12. The third-order valence-electron chi connectivity index (χ3n) is 5.68. The van der Waals surface area contributed by atoms with Gasteiger partial charge < -0.3 is 19.3 Å². The smallest absolute Gasteiger partial charge is 0.297 e. The highest BCUT2D eigenvalue weighted by atomic mass is 32.2. The van der Waals surface area contributed by atoms with Crippen molar-refractivity contribution >= 4 is 20.2 Å². The molecule has 0 saturated carbocycles. The van der Waals surface area contributed by atoms with Crippen LogP contribution in [0.15, 0.2) is 58.3 Å². The van der Waals surface area contributed by atoms with Gasteiger partial charge in [-0.15, -0.1) is 0 Å². The van der Waals surface area contributed by atoms with Gasteiger partial charge in [0.1, 0.15) is 24.4 Å². The molecule has 0 bridgehead atoms. The second-order valence-electron chi connectivity index (χ2n) is 9.01. The fourth-order valence-electron chi connectivity index (χ4n) is 3.85. The van der Waals surface area contributed by atoms with Gasteiger partial charge in [0.05, 0.1) is 16.4 Å². The summed E-state index contributed by atoms with van der Waals surface area (Å²) in [5, 5.41) is 10.8. The summed E-state index contributed by atoms with van der Waals surface area (Å²) in [5.41, 5.74) is 1.69. The number of aliphatic hydroxyl groups excluding tert-OH is 1. The van der Waals surface area contributed by atoms with Gasteiger partial charge in [-0.05, 0) is 52.0 Å². The maximum atomic E-state index is 13.0. The first kappa shape index (κ1) is 26.2. The van der Waals surface area contributed by atoms with Crippen molar-refractivity contribution in [2.75, 3.05) is 6.61 Å². The summed E-state index contributed by atoms with van der Waals surface area (Å²) in [7, 11) is -8.63. The lowest BCUT2D eigenvalue weighted by molar-refractivity contribution is -0.225. The Bertz CT molecular complexity index is 1250. The largest absolute Gasteiger partial charge is 0.387 e. The van der Waals surface area contributed by atoms with Crippen LogP contribution in [0, 0.1) is 13.8 Å². The molecule has 5 atom stereocenters. The van der Waals surface area contributed by atoms with Gasteiger partial charge in [-0.3, -0.25) is 8.37 Å². The molecule has 192 valence electrons. The van der Waals surface area contributed by atoms with E-state index in [1.54, 1.807) is 52.0 Å². The summed E-state index contributed by atoms with van der Waals surface area (Å²) in [6.45, 7) is 6.14. The summed E-state index contributed by atoms with van der Waals surface area (Å²) in [6, 6.07) is 11.9. The summed E-state index contributed by atoms with van der Waals surface area (Å²) >= 11 is 0. The van der Waals surface area contributed by atoms with E-state index in [4.69, 9.17) is 22.6 Å². The van der Waals surface area contributed by atoms with Crippen LogP contribution in [-0.2, 0) is 42.8 Å². The summed E-state index contributed by atoms with van der Waals surface area (Å²) in [6.07, 6.45) is -6.12. The standard InChI is InChI=1S/C23H28O10S2/c1-14-5-9-16(10-6-14)34(25,26)29-13-18(33-35(27,28)17-11-7-15(2)8-12-17)20-19(24)21-22(30-20)32-23(3,4)31-21/h5-12,18-22,24H,13H2,1-4H3/t18-,19-,20+,21+,22+/m0/s1. The van der Waals surface area contributed by atoms with E-state index in [1.807, 2.05) is 0 Å². The number of aryl methyl sites for hydroxylation is 2. The molecule has 0 aliphatic carbocycles. The SMILES string of the molecule is Cc1ccc(S(=O)(=O)OC[C@H](OS(=O)(=O)c2ccc(C)cc2)[C@H]2O[C@@H]3OC(C)(C)O[C@@H]3[C@H]2O)cc1. The van der Waals surface area contributed by atoms with Gasteiger partial charge in [-0.2, -0.15) is 16.8 Å². The third kappa shape index (κ3) is 5.75. The number of benzene rings is 2. The third-order valence-corrected chi connectivity index (χ3v) is 8.32. The first-order chi connectivity index (χ1) is 16.3. The second-order valence-corrected chi connectivity index (χ2v) is 12.2. The number of aliphatic hydroxyl groups is 1. The molecule has 2 aromatic carbocycles. The Balaban J connectivity index is 1.58. The molecule has 10 nitrogen and oxygen atoms in total. The highest BCUT2D eigenvalue weighted by molar-refractivity contribution is 7.87. The summed E-state index contributed by atoms with van der Waals surface area (Å²) in [5.74, 6) is -1.02. The van der Waals surface area contributed by atoms with Gasteiger partial charge in [0.25, 0.3) is 20.2 Å². The van der Waals surface area contributed by atoms with Gasteiger partial charge in [0.2, 0.25) is 0 Å². The fraction of sp³-hybridized carbons (Fsp3) is 0.478. The van der Waals surface area contributed by atoms with Crippen molar-refractivity contribution in [2.24, 2.45) is 0 Å². The molecule has 2 heterocycles. The maximum absolute atomic E-state index is 13.0. The van der Waals surface area contributed by atoms with Crippen LogP contribution < -0.4 is 0 Å². The molecule has 0 radical (unpaired) electrons. The van der Waals surface area contributed by atoms with Gasteiger partial charge in [0.15, 0.2) is 12.1 Å². The van der Waals surface area contributed by atoms with Crippen molar-refractivity contribution in [3.63, 3.8) is 0 Å². The summed E-state index contributed by atoms with van der Waals surface area (Å²) in [4.78, 5) is -0.253. The van der Waals surface area contributed by atoms with E-state index in [2.05, 4.69) is 0 Å². The Morgan fingerprint density at radius 1 is 0.886 bits per heavy atom. The average Bonchev–Trinajstić information content (AvgIpc) is 3.24. The molecule has 2 fully saturated rings. The molecule has 2 aliphatic rings. The first-order valence-corrected chi connectivity index (χ1v) is 13.7. The highest BCUT2D eigenvalue weighted by Crippen LogP contribution is 2.39. The van der Waals surface area contributed by atoms with Crippen LogP contribution >= 0.6 is 0 Å². The Morgan fingerprint density at radius 3 is 1.91 bits per heavy atom. The normalized spacial score (nSPS) is 27.0. The van der Waals surface area contributed by atoms with Crippen LogP contribution in [0.5, 0.6) is 0 Å². The Hall–Kier alpha value is -1.90. The molecular formula is C23H28O10S2. The zero-order valence-electron chi connectivity index (χ0n) is 19.7. The topological polar surface area (TPSA) is 135 Å². The van der Waals surface area contributed by atoms with E-state index in [1.165, 1.54) is 24.3 Å². The van der Waals surface area contributed by atoms with Gasteiger partial charge >= 0.3 is 0 Å². The molecule has 1 N–H and O–H groups in total. The number of ether oxygens (including phenoxy) is 3. The fourth-order valence-corrected chi connectivity index (χ4v) is 5.84. The quantitative estimate of drug-likeness (QED) is 0.507. The predicted octanol–water partition coefficient (Wildman–Crippen LogP) is 2.02. The highest BCUT2D eigenvalue weighted by Gasteiger charge is 2.57. The number of hydrogen-bond acceptors (Lipinski definition) is 10. The number of hydrogen-bond donors (Lipinski definition) is 1. The first-order valence-electron chi connectivity index (χ1n) is 10.9. The van der Waals surface area contributed by atoms with Crippen LogP contribution in [-0.4, -0.2) is 65.0 Å². The minimum Gasteiger partial charge on any atom is -0.387 e. The van der Waals surface area contributed by atoms with Crippen LogP contribution in [0.4, 0.5) is 0 Å². The number of rotatable bonds is 8. The molecule has 2 aromatic rings. The maximum Gasteiger partial charge on any atom is 0.297 e. The van der Waals surface area contributed by atoms with E-state index in [0.29, 0.717) is 0 Å².